The molecule has 240 valence electrons. The Morgan fingerprint density at radius 3 is 0.875 bits per heavy atom. The van der Waals surface area contributed by atoms with Gasteiger partial charge in [-0.05, 0) is 0 Å². The highest BCUT2D eigenvalue weighted by Crippen LogP contribution is 2.64. The van der Waals surface area contributed by atoms with E-state index in [9.17, 15) is 56.8 Å². The predicted octanol–water partition coefficient (Wildman–Crippen LogP) is -3.02. The minimum absolute atomic E-state index is 3.08. The Kier molecular flexibility index (Phi) is 12.7. The first-order chi connectivity index (χ1) is 17.3. The first-order valence-corrected chi connectivity index (χ1v) is 19.4. The molecule has 9 atom stereocenters. The lowest BCUT2D eigenvalue weighted by Crippen LogP contribution is -2.65. The number of phosphoric ester groups is 4. The summed E-state index contributed by atoms with van der Waals surface area (Å²) in [5, 5.41) is 20.9. The molecule has 13 N–H and O–H groups in total. The van der Waals surface area contributed by atoms with Gasteiger partial charge in [0.25, 0.3) is 0 Å². The zero-order chi connectivity index (χ0) is 31.9. The molecule has 0 bridgehead atoms. The molecule has 0 heterocycles. The van der Waals surface area contributed by atoms with E-state index < -0.39 is 91.4 Å². The zero-order valence-electron chi connectivity index (χ0n) is 18.1. The highest BCUT2D eigenvalue weighted by Gasteiger charge is 2.60. The third-order valence-corrected chi connectivity index (χ3v) is 10.7. The van der Waals surface area contributed by atoms with E-state index >= 15 is 0 Å². The van der Waals surface area contributed by atoms with E-state index in [2.05, 4.69) is 31.0 Å². The summed E-state index contributed by atoms with van der Waals surface area (Å²) in [5.41, 5.74) is 0. The lowest BCUT2D eigenvalue weighted by molar-refractivity contribution is -0.208. The first-order valence-electron chi connectivity index (χ1n) is 8.76. The molecule has 27 nitrogen and oxygen atoms in total. The number of hydrogen-bond acceptors (Lipinski definition) is 16. The quantitative estimate of drug-likeness (QED) is 0.0788. The Bertz CT molecular complexity index is 1230. The topological polar surface area (TPSA) is 447 Å². The van der Waals surface area contributed by atoms with Gasteiger partial charge in [-0.25, -0.2) is 32.0 Å². The van der Waals surface area contributed by atoms with Gasteiger partial charge in [-0.3, -0.25) is 18.1 Å². The SMILES string of the molecule is O=P(O)(O)O[C@@H]1[C@@H](O)[C@H](OP(=O)(O)OP(=O)(O)O)[C@H](O)[C@H](OP(=O)(O)OP(=O)(O)O)[C@H]1OP(=O)(O)OP(=O)(O)O. The standard InChI is InChI=1S/C6H19O27P7/c7-1-3(28-38(21,22)31-35(12,13)14)2(8)5(29-39(23,24)32-36(15,16)17)6(4(1)27-34(9,10)11)30-40(25,26)33-37(18,19)20/h1-8H,(H,21,22)(H,23,24)(H,25,26)(H2,9,10,11)(H2,12,13,14)(H2,15,16,17)(H2,18,19,20)/t1-,2-,3-,4+,5-,6-/m0/s1. The van der Waals surface area contributed by atoms with Crippen LogP contribution in [0.1, 0.15) is 0 Å². The van der Waals surface area contributed by atoms with E-state index in [0.29, 0.717) is 0 Å². The van der Waals surface area contributed by atoms with E-state index in [4.69, 9.17) is 39.1 Å². The van der Waals surface area contributed by atoms with Crippen LogP contribution >= 0.6 is 54.8 Å². The lowest BCUT2D eigenvalue weighted by atomic mass is 9.85. The summed E-state index contributed by atoms with van der Waals surface area (Å²) in [6, 6.07) is 0. The minimum atomic E-state index is -6.32. The van der Waals surface area contributed by atoms with Crippen LogP contribution in [0.3, 0.4) is 0 Å². The minimum Gasteiger partial charge on any atom is -0.387 e. The van der Waals surface area contributed by atoms with Crippen molar-refractivity contribution in [3.8, 4) is 0 Å². The summed E-state index contributed by atoms with van der Waals surface area (Å²) in [7, 11) is -42.8. The van der Waals surface area contributed by atoms with Crippen LogP contribution in [0.15, 0.2) is 0 Å². The second-order valence-electron chi connectivity index (χ2n) is 6.87. The van der Waals surface area contributed by atoms with Gasteiger partial charge in [0.1, 0.15) is 36.6 Å². The molecule has 1 fully saturated rings. The van der Waals surface area contributed by atoms with Crippen molar-refractivity contribution in [1.29, 1.82) is 0 Å². The van der Waals surface area contributed by atoms with Crippen molar-refractivity contribution in [3.63, 3.8) is 0 Å². The van der Waals surface area contributed by atoms with Crippen LogP contribution in [0.5, 0.6) is 0 Å². The Morgan fingerprint density at radius 1 is 0.350 bits per heavy atom. The van der Waals surface area contributed by atoms with Crippen LogP contribution in [0, 0.1) is 0 Å². The number of phosphoric acid groups is 7. The van der Waals surface area contributed by atoms with E-state index in [1.807, 2.05) is 0 Å². The molecule has 0 saturated heterocycles. The van der Waals surface area contributed by atoms with Gasteiger partial charge in [-0.1, -0.05) is 0 Å². The summed E-state index contributed by atoms with van der Waals surface area (Å²) < 4.78 is 107. The van der Waals surface area contributed by atoms with Crippen molar-refractivity contribution in [2.24, 2.45) is 0 Å². The van der Waals surface area contributed by atoms with Gasteiger partial charge in [-0.15, -0.1) is 0 Å². The largest absolute Gasteiger partial charge is 0.481 e. The van der Waals surface area contributed by atoms with Crippen LogP contribution in [0.4, 0.5) is 0 Å². The highest BCUT2D eigenvalue weighted by molar-refractivity contribution is 7.61. The Hall–Kier alpha value is 0.810. The van der Waals surface area contributed by atoms with Gasteiger partial charge < -0.3 is 64.0 Å². The molecular formula is C6H19O27P7. The normalized spacial score (nSPS) is 31.6. The summed E-state index contributed by atoms with van der Waals surface area (Å²) in [6.07, 6.45) is -19.0. The van der Waals surface area contributed by atoms with Gasteiger partial charge in [0.2, 0.25) is 0 Å². The molecule has 1 aliphatic rings. The first kappa shape index (κ1) is 38.8. The number of rotatable bonds is 14. The number of aliphatic hydroxyl groups excluding tert-OH is 2. The molecule has 1 aliphatic carbocycles. The van der Waals surface area contributed by atoms with Gasteiger partial charge in [0, 0.05) is 0 Å². The summed E-state index contributed by atoms with van der Waals surface area (Å²) in [5.74, 6) is 0. The Morgan fingerprint density at radius 2 is 0.600 bits per heavy atom. The third kappa shape index (κ3) is 14.1. The molecular weight excluding hydrogens is 721 g/mol. The van der Waals surface area contributed by atoms with Gasteiger partial charge in [0.15, 0.2) is 0 Å². The summed E-state index contributed by atoms with van der Waals surface area (Å²) >= 11 is 0. The Labute approximate surface area is 219 Å². The molecule has 1 rings (SSSR count). The fourth-order valence-electron chi connectivity index (χ4n) is 2.72. The van der Waals surface area contributed by atoms with Crippen LogP contribution in [-0.4, -0.2) is 101 Å². The average Bonchev–Trinajstić information content (AvgIpc) is 2.58. The maximum Gasteiger partial charge on any atom is 0.481 e. The van der Waals surface area contributed by atoms with Crippen LogP contribution in [-0.2, 0) is 63.0 Å². The van der Waals surface area contributed by atoms with Gasteiger partial charge >= 0.3 is 54.8 Å². The molecule has 0 radical (unpaired) electrons. The molecule has 3 unspecified atom stereocenters. The van der Waals surface area contributed by atoms with Crippen molar-refractivity contribution in [3.05, 3.63) is 0 Å². The predicted molar refractivity (Wildman–Crippen MR) is 112 cm³/mol. The maximum absolute atomic E-state index is 12.1. The third-order valence-electron chi connectivity index (χ3n) is 3.65. The van der Waals surface area contributed by atoms with Gasteiger partial charge in [-0.2, -0.15) is 12.9 Å². The van der Waals surface area contributed by atoms with E-state index in [-0.39, 0.29) is 0 Å². The number of hydrogen-bond donors (Lipinski definition) is 13. The lowest BCUT2D eigenvalue weighted by Gasteiger charge is -2.46. The van der Waals surface area contributed by atoms with Crippen LogP contribution in [0.2, 0.25) is 0 Å². The summed E-state index contributed by atoms with van der Waals surface area (Å²) in [4.78, 5) is 99.3. The smallest absolute Gasteiger partial charge is 0.387 e. The zero-order valence-corrected chi connectivity index (χ0v) is 24.4. The monoisotopic (exact) mass is 740 g/mol. The fourth-order valence-corrected chi connectivity index (χ4v) is 8.63. The molecule has 0 spiro atoms. The molecule has 1 saturated carbocycles. The number of aliphatic hydroxyl groups is 2. The van der Waals surface area contributed by atoms with Crippen LogP contribution in [0.25, 0.3) is 0 Å². The second-order valence-corrected chi connectivity index (χ2v) is 16.4. The molecule has 34 heteroatoms. The molecule has 0 amide bonds. The fraction of sp³-hybridized carbons (Fsp3) is 1.00. The van der Waals surface area contributed by atoms with E-state index in [1.54, 1.807) is 0 Å². The van der Waals surface area contributed by atoms with Crippen molar-refractivity contribution in [1.82, 2.24) is 0 Å². The van der Waals surface area contributed by atoms with E-state index in [0.717, 1.165) is 0 Å². The molecule has 0 aromatic rings. The van der Waals surface area contributed by atoms with Gasteiger partial charge in [0.05, 0.1) is 0 Å². The second kappa shape index (κ2) is 13.0. The van der Waals surface area contributed by atoms with Crippen LogP contribution < -0.4 is 0 Å². The van der Waals surface area contributed by atoms with Crippen molar-refractivity contribution < 1.29 is 127 Å². The highest BCUT2D eigenvalue weighted by atomic mass is 31.3. The van der Waals surface area contributed by atoms with Crippen molar-refractivity contribution in [2.75, 3.05) is 0 Å². The maximum atomic E-state index is 12.1. The van der Waals surface area contributed by atoms with Crippen molar-refractivity contribution in [2.45, 2.75) is 36.6 Å². The van der Waals surface area contributed by atoms with E-state index in [1.165, 1.54) is 0 Å². The summed E-state index contributed by atoms with van der Waals surface area (Å²) in [6.45, 7) is 0. The average molecular weight is 740 g/mol. The Balaban J connectivity index is 3.76. The molecule has 40 heavy (non-hydrogen) atoms. The molecule has 0 aromatic heterocycles. The molecule has 0 aromatic carbocycles. The van der Waals surface area contributed by atoms with Crippen molar-refractivity contribution >= 4 is 54.8 Å². The molecule has 0 aliphatic heterocycles.